The number of nitrogens with one attached hydrogen (secondary N) is 1. The molecule has 2 atom stereocenters. The smallest absolute Gasteiger partial charge is 0.170 e. The predicted octanol–water partition coefficient (Wildman–Crippen LogP) is 0.461. The van der Waals surface area contributed by atoms with Gasteiger partial charge in [-0.2, -0.15) is 0 Å². The molecule has 15 heavy (non-hydrogen) atoms. The number of hydrogen-bond donors (Lipinski definition) is 1. The average molecular weight is 211 g/mol. The number of hydrogen-bond acceptors (Lipinski definition) is 4. The molecule has 4 heteroatoms. The van der Waals surface area contributed by atoms with E-state index in [1.807, 2.05) is 7.05 Å². The van der Waals surface area contributed by atoms with Crippen LogP contribution >= 0.6 is 0 Å². The summed E-state index contributed by atoms with van der Waals surface area (Å²) < 4.78 is 11.5. The SMILES string of the molecule is CNC12CC(=O)CC1CC1(C2)OCCO1. The third kappa shape index (κ3) is 1.28. The number of carbonyl (C=O) groups excluding carboxylic acids is 1. The summed E-state index contributed by atoms with van der Waals surface area (Å²) in [6, 6.07) is 0. The van der Waals surface area contributed by atoms with Gasteiger partial charge < -0.3 is 14.8 Å². The largest absolute Gasteiger partial charge is 0.347 e. The van der Waals surface area contributed by atoms with E-state index in [0.717, 1.165) is 12.8 Å². The molecule has 0 aromatic rings. The number of ether oxygens (including phenoxy) is 2. The minimum atomic E-state index is -0.381. The van der Waals surface area contributed by atoms with Crippen LogP contribution in [-0.2, 0) is 14.3 Å². The van der Waals surface area contributed by atoms with Gasteiger partial charge in [-0.1, -0.05) is 0 Å². The highest BCUT2D eigenvalue weighted by Gasteiger charge is 2.60. The van der Waals surface area contributed by atoms with Crippen molar-refractivity contribution in [1.29, 1.82) is 0 Å². The average Bonchev–Trinajstić information content (AvgIpc) is 2.81. The van der Waals surface area contributed by atoms with Crippen LogP contribution in [0.1, 0.15) is 25.7 Å². The summed E-state index contributed by atoms with van der Waals surface area (Å²) in [6.07, 6.45) is 3.03. The highest BCUT2D eigenvalue weighted by Crippen LogP contribution is 2.53. The van der Waals surface area contributed by atoms with Gasteiger partial charge in [-0.25, -0.2) is 0 Å². The molecule has 3 fully saturated rings. The maximum Gasteiger partial charge on any atom is 0.170 e. The van der Waals surface area contributed by atoms with Crippen LogP contribution in [0.5, 0.6) is 0 Å². The zero-order valence-corrected chi connectivity index (χ0v) is 9.04. The van der Waals surface area contributed by atoms with Crippen molar-refractivity contribution in [3.05, 3.63) is 0 Å². The molecule has 4 nitrogen and oxygen atoms in total. The molecule has 1 heterocycles. The van der Waals surface area contributed by atoms with Crippen molar-refractivity contribution in [3.63, 3.8) is 0 Å². The zero-order valence-electron chi connectivity index (χ0n) is 9.04. The summed E-state index contributed by atoms with van der Waals surface area (Å²) in [7, 11) is 1.94. The number of rotatable bonds is 1. The fourth-order valence-corrected chi connectivity index (χ4v) is 3.54. The van der Waals surface area contributed by atoms with Crippen LogP contribution in [0.3, 0.4) is 0 Å². The second-order valence-corrected chi connectivity index (χ2v) is 5.01. The van der Waals surface area contributed by atoms with E-state index >= 15 is 0 Å². The normalized spacial score (nSPS) is 42.7. The van der Waals surface area contributed by atoms with Gasteiger partial charge in [-0.15, -0.1) is 0 Å². The molecule has 0 aromatic carbocycles. The predicted molar refractivity (Wildman–Crippen MR) is 53.4 cm³/mol. The van der Waals surface area contributed by atoms with E-state index in [4.69, 9.17) is 9.47 Å². The van der Waals surface area contributed by atoms with E-state index in [-0.39, 0.29) is 11.3 Å². The molecule has 2 unspecified atom stereocenters. The Labute approximate surface area is 89.3 Å². The Hall–Kier alpha value is -0.450. The minimum Gasteiger partial charge on any atom is -0.347 e. The third-order valence-electron chi connectivity index (χ3n) is 4.22. The number of ketones is 1. The minimum absolute atomic E-state index is 0.0541. The highest BCUT2D eigenvalue weighted by molar-refractivity contribution is 5.83. The number of fused-ring (bicyclic) bond motifs is 1. The van der Waals surface area contributed by atoms with Gasteiger partial charge in [0.2, 0.25) is 0 Å². The highest BCUT2D eigenvalue weighted by atomic mass is 16.7. The molecule has 0 aromatic heterocycles. The lowest BCUT2D eigenvalue weighted by Crippen LogP contribution is -2.44. The first kappa shape index (κ1) is 9.75. The summed E-state index contributed by atoms with van der Waals surface area (Å²) in [5, 5.41) is 3.34. The Morgan fingerprint density at radius 3 is 2.73 bits per heavy atom. The van der Waals surface area contributed by atoms with E-state index in [1.54, 1.807) is 0 Å². The van der Waals surface area contributed by atoms with Crippen molar-refractivity contribution < 1.29 is 14.3 Å². The van der Waals surface area contributed by atoms with Gasteiger partial charge in [0, 0.05) is 31.2 Å². The number of Topliss-reactive ketones (excluding diaryl/α,β-unsaturated/α-hetero) is 1. The first-order valence-corrected chi connectivity index (χ1v) is 5.67. The van der Waals surface area contributed by atoms with Gasteiger partial charge in [-0.3, -0.25) is 4.79 Å². The van der Waals surface area contributed by atoms with E-state index in [1.165, 1.54) is 0 Å². The van der Waals surface area contributed by atoms with Crippen LogP contribution in [0.25, 0.3) is 0 Å². The second kappa shape index (κ2) is 3.03. The van der Waals surface area contributed by atoms with Gasteiger partial charge in [-0.05, 0) is 13.0 Å². The monoisotopic (exact) mass is 211 g/mol. The Balaban J connectivity index is 1.87. The molecular weight excluding hydrogens is 194 g/mol. The van der Waals surface area contributed by atoms with Crippen LogP contribution in [0.15, 0.2) is 0 Å². The van der Waals surface area contributed by atoms with Crippen molar-refractivity contribution in [2.24, 2.45) is 5.92 Å². The Morgan fingerprint density at radius 2 is 2.13 bits per heavy atom. The molecule has 2 saturated carbocycles. The zero-order chi connectivity index (χ0) is 10.5. The first-order chi connectivity index (χ1) is 7.18. The fourth-order valence-electron chi connectivity index (χ4n) is 3.54. The van der Waals surface area contributed by atoms with E-state index in [0.29, 0.717) is 37.8 Å². The standard InChI is InChI=1S/C11H17NO3/c1-12-10-6-9(13)4-8(10)5-11(7-10)14-2-3-15-11/h8,12H,2-7H2,1H3. The maximum absolute atomic E-state index is 11.5. The quantitative estimate of drug-likeness (QED) is 0.684. The van der Waals surface area contributed by atoms with Crippen LogP contribution in [0.2, 0.25) is 0 Å². The van der Waals surface area contributed by atoms with Crippen molar-refractivity contribution in [3.8, 4) is 0 Å². The van der Waals surface area contributed by atoms with Gasteiger partial charge in [0.05, 0.1) is 13.2 Å². The second-order valence-electron chi connectivity index (χ2n) is 5.01. The van der Waals surface area contributed by atoms with Crippen LogP contribution in [-0.4, -0.2) is 37.4 Å². The lowest BCUT2D eigenvalue weighted by molar-refractivity contribution is -0.157. The van der Waals surface area contributed by atoms with Gasteiger partial charge in [0.25, 0.3) is 0 Å². The molecule has 1 N–H and O–H groups in total. The van der Waals surface area contributed by atoms with Gasteiger partial charge in [0.15, 0.2) is 5.79 Å². The van der Waals surface area contributed by atoms with Crippen LogP contribution < -0.4 is 5.32 Å². The molecule has 84 valence electrons. The Kier molecular flexibility index (Phi) is 1.97. The topological polar surface area (TPSA) is 47.6 Å². The summed E-state index contributed by atoms with van der Waals surface area (Å²) in [6.45, 7) is 1.39. The van der Waals surface area contributed by atoms with E-state index in [9.17, 15) is 4.79 Å². The molecule has 1 aliphatic heterocycles. The summed E-state index contributed by atoms with van der Waals surface area (Å²) >= 11 is 0. The summed E-state index contributed by atoms with van der Waals surface area (Å²) in [5.74, 6) is 0.393. The summed E-state index contributed by atoms with van der Waals surface area (Å²) in [5.41, 5.74) is -0.0541. The van der Waals surface area contributed by atoms with E-state index in [2.05, 4.69) is 5.32 Å². The molecule has 3 rings (SSSR count). The maximum atomic E-state index is 11.5. The Bertz CT molecular complexity index is 298. The van der Waals surface area contributed by atoms with Crippen molar-refractivity contribution in [2.45, 2.75) is 37.0 Å². The first-order valence-electron chi connectivity index (χ1n) is 5.67. The fraction of sp³-hybridized carbons (Fsp3) is 0.909. The Morgan fingerprint density at radius 1 is 1.40 bits per heavy atom. The lowest BCUT2D eigenvalue weighted by Gasteiger charge is -2.29. The van der Waals surface area contributed by atoms with Crippen molar-refractivity contribution in [1.82, 2.24) is 5.32 Å². The van der Waals surface area contributed by atoms with Crippen LogP contribution in [0, 0.1) is 5.92 Å². The van der Waals surface area contributed by atoms with E-state index < -0.39 is 0 Å². The van der Waals surface area contributed by atoms with Crippen molar-refractivity contribution >= 4 is 5.78 Å². The van der Waals surface area contributed by atoms with Crippen molar-refractivity contribution in [2.75, 3.05) is 20.3 Å². The molecule has 2 aliphatic carbocycles. The lowest BCUT2D eigenvalue weighted by atomic mass is 9.91. The third-order valence-corrected chi connectivity index (χ3v) is 4.22. The molecule has 3 aliphatic rings. The molecule has 0 amide bonds. The van der Waals surface area contributed by atoms with Gasteiger partial charge >= 0.3 is 0 Å². The molecule has 1 saturated heterocycles. The molecule has 1 spiro atoms. The van der Waals surface area contributed by atoms with Gasteiger partial charge in [0.1, 0.15) is 5.78 Å². The molecular formula is C11H17NO3. The van der Waals surface area contributed by atoms with Crippen LogP contribution in [0.4, 0.5) is 0 Å². The molecule has 0 radical (unpaired) electrons. The number of carbonyl (C=O) groups is 1. The summed E-state index contributed by atoms with van der Waals surface area (Å²) in [4.78, 5) is 11.5. The molecule has 0 bridgehead atoms.